The molecule has 0 radical (unpaired) electrons. The largest absolute Gasteiger partial charge is 0.490 e. The Balaban J connectivity index is 1.42. The fourth-order valence-electron chi connectivity index (χ4n) is 4.98. The van der Waals surface area contributed by atoms with Gasteiger partial charge in [-0.1, -0.05) is 18.2 Å². The number of ether oxygens (including phenoxy) is 1. The number of likely N-dealkylation sites (tertiary alicyclic amines) is 2. The van der Waals surface area contributed by atoms with Crippen LogP contribution in [-0.4, -0.2) is 58.7 Å². The molecule has 0 spiro atoms. The third-order valence-corrected chi connectivity index (χ3v) is 6.76. The second kappa shape index (κ2) is 7.80. The van der Waals surface area contributed by atoms with Crippen LogP contribution in [-0.2, 0) is 11.3 Å². The summed E-state index contributed by atoms with van der Waals surface area (Å²) in [6, 6.07) is 8.38. The average molecular weight is 373 g/mol. The van der Waals surface area contributed by atoms with Gasteiger partial charge in [0.1, 0.15) is 5.75 Å². The van der Waals surface area contributed by atoms with Crippen molar-refractivity contribution in [3.05, 3.63) is 29.8 Å². The van der Waals surface area contributed by atoms with E-state index in [-0.39, 0.29) is 11.8 Å². The van der Waals surface area contributed by atoms with Crippen LogP contribution in [0.5, 0.6) is 5.75 Å². The summed E-state index contributed by atoms with van der Waals surface area (Å²) >= 11 is 0. The number of amides is 1. The van der Waals surface area contributed by atoms with Crippen molar-refractivity contribution in [3.8, 4) is 5.75 Å². The summed E-state index contributed by atoms with van der Waals surface area (Å²) in [5.41, 5.74) is 0.622. The molecule has 3 aliphatic rings. The molecule has 2 aliphatic heterocycles. The van der Waals surface area contributed by atoms with Gasteiger partial charge in [0.25, 0.3) is 0 Å². The Morgan fingerprint density at radius 2 is 1.93 bits per heavy atom. The Bertz CT molecular complexity index is 673. The predicted octanol–water partition coefficient (Wildman–Crippen LogP) is 2.81. The number of aliphatic hydroxyl groups is 1. The molecule has 1 amide bonds. The molecule has 0 unspecified atom stereocenters. The Morgan fingerprint density at radius 3 is 2.70 bits per heavy atom. The first-order chi connectivity index (χ1) is 13.0. The van der Waals surface area contributed by atoms with Gasteiger partial charge >= 0.3 is 0 Å². The molecule has 2 atom stereocenters. The molecule has 27 heavy (non-hydrogen) atoms. The lowest BCUT2D eigenvalue weighted by molar-refractivity contribution is -0.145. The second-order valence-electron chi connectivity index (χ2n) is 8.63. The number of hydrogen-bond acceptors (Lipinski definition) is 4. The molecule has 1 aromatic carbocycles. The minimum absolute atomic E-state index is 0.115. The zero-order valence-electron chi connectivity index (χ0n) is 16.4. The number of piperidine rings is 2. The van der Waals surface area contributed by atoms with Crippen molar-refractivity contribution < 1.29 is 14.6 Å². The SMILES string of the molecule is CC(=O)N1CC[C@]2(O)CCN(Cc3ccccc3OC3CCCC3)C[C@@H]2C1. The molecule has 1 aliphatic carbocycles. The number of nitrogens with zero attached hydrogens (tertiary/aromatic N) is 2. The maximum absolute atomic E-state index is 11.8. The number of carbonyl (C=O) groups is 1. The highest BCUT2D eigenvalue weighted by atomic mass is 16.5. The molecular formula is C22H32N2O3. The number of fused-ring (bicyclic) bond motifs is 1. The lowest BCUT2D eigenvalue weighted by atomic mass is 9.75. The highest BCUT2D eigenvalue weighted by Crippen LogP contribution is 2.36. The predicted molar refractivity (Wildman–Crippen MR) is 105 cm³/mol. The van der Waals surface area contributed by atoms with Crippen LogP contribution in [0.1, 0.15) is 51.0 Å². The smallest absolute Gasteiger partial charge is 0.219 e. The van der Waals surface area contributed by atoms with Crippen LogP contribution in [0.4, 0.5) is 0 Å². The van der Waals surface area contributed by atoms with Gasteiger partial charge in [-0.2, -0.15) is 0 Å². The average Bonchev–Trinajstić information content (AvgIpc) is 3.16. The lowest BCUT2D eigenvalue weighted by Crippen LogP contribution is -2.60. The van der Waals surface area contributed by atoms with Gasteiger partial charge < -0.3 is 14.7 Å². The summed E-state index contributed by atoms with van der Waals surface area (Å²) in [5.74, 6) is 1.26. The Morgan fingerprint density at radius 1 is 1.19 bits per heavy atom. The molecule has 4 rings (SSSR count). The number of para-hydroxylation sites is 1. The van der Waals surface area contributed by atoms with Crippen molar-refractivity contribution in [2.45, 2.75) is 63.7 Å². The molecule has 2 heterocycles. The minimum Gasteiger partial charge on any atom is -0.490 e. The van der Waals surface area contributed by atoms with E-state index in [4.69, 9.17) is 4.74 Å². The molecule has 3 fully saturated rings. The maximum atomic E-state index is 11.8. The summed E-state index contributed by atoms with van der Waals surface area (Å²) in [7, 11) is 0. The van der Waals surface area contributed by atoms with E-state index in [2.05, 4.69) is 29.2 Å². The normalized spacial score (nSPS) is 29.6. The van der Waals surface area contributed by atoms with Crippen molar-refractivity contribution in [2.75, 3.05) is 26.2 Å². The third-order valence-electron chi connectivity index (χ3n) is 6.76. The van der Waals surface area contributed by atoms with Gasteiger partial charge in [0, 0.05) is 51.1 Å². The van der Waals surface area contributed by atoms with E-state index >= 15 is 0 Å². The second-order valence-corrected chi connectivity index (χ2v) is 8.63. The van der Waals surface area contributed by atoms with Crippen LogP contribution in [0, 0.1) is 5.92 Å². The molecule has 148 valence electrons. The summed E-state index contributed by atoms with van der Waals surface area (Å²) < 4.78 is 6.29. The van der Waals surface area contributed by atoms with Gasteiger partial charge in [0.05, 0.1) is 11.7 Å². The summed E-state index contributed by atoms with van der Waals surface area (Å²) in [5, 5.41) is 11.0. The summed E-state index contributed by atoms with van der Waals surface area (Å²) in [4.78, 5) is 16.1. The zero-order valence-corrected chi connectivity index (χ0v) is 16.4. The lowest BCUT2D eigenvalue weighted by Gasteiger charge is -2.50. The Kier molecular flexibility index (Phi) is 5.42. The maximum Gasteiger partial charge on any atom is 0.219 e. The van der Waals surface area contributed by atoms with Crippen molar-refractivity contribution in [3.63, 3.8) is 0 Å². The van der Waals surface area contributed by atoms with Gasteiger partial charge in [-0.05, 0) is 44.6 Å². The Labute approximate surface area is 162 Å². The fraction of sp³-hybridized carbons (Fsp3) is 0.682. The van der Waals surface area contributed by atoms with Crippen molar-refractivity contribution in [1.29, 1.82) is 0 Å². The zero-order chi connectivity index (χ0) is 18.9. The van der Waals surface area contributed by atoms with Crippen LogP contribution in [0.2, 0.25) is 0 Å². The summed E-state index contributed by atoms with van der Waals surface area (Å²) in [6.45, 7) is 5.54. The fourth-order valence-corrected chi connectivity index (χ4v) is 4.98. The molecule has 0 aromatic heterocycles. The van der Waals surface area contributed by atoms with Crippen LogP contribution in [0.15, 0.2) is 24.3 Å². The molecule has 1 N–H and O–H groups in total. The monoisotopic (exact) mass is 372 g/mol. The third kappa shape index (κ3) is 4.14. The number of rotatable bonds is 4. The van der Waals surface area contributed by atoms with Gasteiger partial charge in [-0.3, -0.25) is 9.69 Å². The van der Waals surface area contributed by atoms with Gasteiger partial charge in [0.15, 0.2) is 0 Å². The first-order valence-corrected chi connectivity index (χ1v) is 10.5. The quantitative estimate of drug-likeness (QED) is 0.883. The first-order valence-electron chi connectivity index (χ1n) is 10.5. The first kappa shape index (κ1) is 18.8. The topological polar surface area (TPSA) is 53.0 Å². The molecule has 5 heteroatoms. The van der Waals surface area contributed by atoms with Crippen molar-refractivity contribution in [1.82, 2.24) is 9.80 Å². The van der Waals surface area contributed by atoms with Crippen molar-refractivity contribution in [2.24, 2.45) is 5.92 Å². The van der Waals surface area contributed by atoms with Gasteiger partial charge in [0.2, 0.25) is 5.91 Å². The van der Waals surface area contributed by atoms with Crippen LogP contribution in [0.25, 0.3) is 0 Å². The van der Waals surface area contributed by atoms with E-state index in [0.717, 1.165) is 44.6 Å². The molecule has 1 saturated carbocycles. The molecule has 2 saturated heterocycles. The number of carbonyl (C=O) groups excluding carboxylic acids is 1. The van der Waals surface area contributed by atoms with E-state index in [1.54, 1.807) is 6.92 Å². The summed E-state index contributed by atoms with van der Waals surface area (Å²) in [6.07, 6.45) is 6.71. The van der Waals surface area contributed by atoms with E-state index in [1.807, 2.05) is 4.90 Å². The van der Waals surface area contributed by atoms with Gasteiger partial charge in [-0.15, -0.1) is 0 Å². The van der Waals surface area contributed by atoms with Crippen LogP contribution < -0.4 is 4.74 Å². The standard InChI is InChI=1S/C22H32N2O3/c1-17(25)24-13-11-22(26)10-12-23(15-19(22)16-24)14-18-6-2-5-9-21(18)27-20-7-3-4-8-20/h2,5-6,9,19-20,26H,3-4,7-8,10-16H2,1H3/t19-,22-/m1/s1. The minimum atomic E-state index is -0.609. The van der Waals surface area contributed by atoms with Crippen LogP contribution in [0.3, 0.4) is 0 Å². The Hall–Kier alpha value is -1.59. The van der Waals surface area contributed by atoms with Gasteiger partial charge in [-0.25, -0.2) is 0 Å². The molecule has 1 aromatic rings. The number of benzene rings is 1. The van der Waals surface area contributed by atoms with E-state index in [0.29, 0.717) is 25.6 Å². The van der Waals surface area contributed by atoms with Crippen molar-refractivity contribution >= 4 is 5.91 Å². The molecule has 0 bridgehead atoms. The molecular weight excluding hydrogens is 340 g/mol. The van der Waals surface area contributed by atoms with E-state index in [9.17, 15) is 9.90 Å². The van der Waals surface area contributed by atoms with E-state index in [1.165, 1.54) is 18.4 Å². The van der Waals surface area contributed by atoms with Crippen LogP contribution >= 0.6 is 0 Å². The highest BCUT2D eigenvalue weighted by molar-refractivity contribution is 5.73. The molecule has 5 nitrogen and oxygen atoms in total. The highest BCUT2D eigenvalue weighted by Gasteiger charge is 2.45. The van der Waals surface area contributed by atoms with E-state index < -0.39 is 5.60 Å². The number of hydrogen-bond donors (Lipinski definition) is 1.